The van der Waals surface area contributed by atoms with E-state index < -0.39 is 12.0 Å². The van der Waals surface area contributed by atoms with Gasteiger partial charge < -0.3 is 10.2 Å². The molecule has 0 amide bonds. The Hall–Kier alpha value is -1.75. The summed E-state index contributed by atoms with van der Waals surface area (Å²) in [4.78, 5) is 15.1. The first-order valence-corrected chi connectivity index (χ1v) is 6.58. The highest BCUT2D eigenvalue weighted by Crippen LogP contribution is 2.33. The van der Waals surface area contributed by atoms with Crippen LogP contribution in [0.25, 0.3) is 6.08 Å². The molecular weight excluding hydrogens is 250 g/mol. The molecule has 0 spiro atoms. The summed E-state index contributed by atoms with van der Waals surface area (Å²) in [6.07, 6.45) is 2.73. The predicted octanol–water partition coefficient (Wildman–Crippen LogP) is 1.93. The van der Waals surface area contributed by atoms with Gasteiger partial charge in [-0.15, -0.1) is 11.8 Å². The largest absolute Gasteiger partial charge is 0.508 e. The van der Waals surface area contributed by atoms with Gasteiger partial charge in [0.2, 0.25) is 0 Å². The number of carboxylic acids is 1. The van der Waals surface area contributed by atoms with Crippen molar-refractivity contribution in [2.45, 2.75) is 12.5 Å². The molecule has 5 heteroatoms. The van der Waals surface area contributed by atoms with Crippen LogP contribution in [0.15, 0.2) is 28.8 Å². The average Bonchev–Trinajstić information content (AvgIpc) is 2.93. The van der Waals surface area contributed by atoms with Crippen molar-refractivity contribution >= 4 is 28.9 Å². The van der Waals surface area contributed by atoms with E-state index >= 15 is 0 Å². The molecule has 0 unspecified atom stereocenters. The number of aromatic hydroxyl groups is 1. The lowest BCUT2D eigenvalue weighted by Crippen LogP contribution is -2.17. The number of fused-ring (bicyclic) bond motifs is 1. The molecule has 3 rings (SSSR count). The number of nitrogens with zero attached hydrogens (tertiary/aromatic N) is 1. The van der Waals surface area contributed by atoms with Gasteiger partial charge in [0.1, 0.15) is 5.75 Å². The van der Waals surface area contributed by atoms with Crippen LogP contribution in [0.1, 0.15) is 11.1 Å². The number of thioether (sulfide) groups is 1. The molecular formula is C13H11NO3S. The van der Waals surface area contributed by atoms with Crippen molar-refractivity contribution in [2.75, 3.05) is 5.75 Å². The van der Waals surface area contributed by atoms with Crippen molar-refractivity contribution in [3.63, 3.8) is 0 Å². The topological polar surface area (TPSA) is 69.9 Å². The minimum Gasteiger partial charge on any atom is -0.508 e. The van der Waals surface area contributed by atoms with Gasteiger partial charge in [0.25, 0.3) is 0 Å². The molecule has 18 heavy (non-hydrogen) atoms. The summed E-state index contributed by atoms with van der Waals surface area (Å²) in [6.45, 7) is 0. The number of aliphatic carboxylic acids is 1. The van der Waals surface area contributed by atoms with Gasteiger partial charge in [-0.25, -0.2) is 4.79 Å². The SMILES string of the molecule is O=C(O)[C@H]1CSC(C2=Cc3ccc(O)cc3C2)=N1. The van der Waals surface area contributed by atoms with Crippen LogP contribution in [-0.4, -0.2) is 33.0 Å². The zero-order chi connectivity index (χ0) is 12.7. The Morgan fingerprint density at radius 1 is 1.44 bits per heavy atom. The van der Waals surface area contributed by atoms with Crippen LogP contribution in [0.3, 0.4) is 0 Å². The highest BCUT2D eigenvalue weighted by Gasteiger charge is 2.28. The third-order valence-corrected chi connectivity index (χ3v) is 4.17. The minimum atomic E-state index is -0.869. The van der Waals surface area contributed by atoms with Gasteiger partial charge in [-0.1, -0.05) is 6.07 Å². The summed E-state index contributed by atoms with van der Waals surface area (Å²) in [5, 5.41) is 19.2. The van der Waals surface area contributed by atoms with E-state index in [0.29, 0.717) is 12.2 Å². The molecule has 1 heterocycles. The number of rotatable bonds is 2. The molecule has 0 saturated carbocycles. The van der Waals surface area contributed by atoms with E-state index in [2.05, 4.69) is 4.99 Å². The first-order chi connectivity index (χ1) is 8.63. The van der Waals surface area contributed by atoms with Crippen molar-refractivity contribution in [2.24, 2.45) is 4.99 Å². The number of phenolic OH excluding ortho intramolecular Hbond substituents is 1. The van der Waals surface area contributed by atoms with Crippen molar-refractivity contribution in [1.82, 2.24) is 0 Å². The maximum atomic E-state index is 10.9. The highest BCUT2D eigenvalue weighted by molar-refractivity contribution is 8.14. The van der Waals surface area contributed by atoms with E-state index in [1.807, 2.05) is 12.1 Å². The average molecular weight is 261 g/mol. The molecule has 2 N–H and O–H groups in total. The predicted molar refractivity (Wildman–Crippen MR) is 71.1 cm³/mol. The van der Waals surface area contributed by atoms with Crippen molar-refractivity contribution < 1.29 is 15.0 Å². The Morgan fingerprint density at radius 3 is 3.00 bits per heavy atom. The lowest BCUT2D eigenvalue weighted by molar-refractivity contribution is -0.137. The third kappa shape index (κ3) is 1.90. The van der Waals surface area contributed by atoms with Crippen LogP contribution in [0.5, 0.6) is 5.75 Å². The second-order valence-corrected chi connectivity index (χ2v) is 5.34. The lowest BCUT2D eigenvalue weighted by atomic mass is 10.1. The van der Waals surface area contributed by atoms with Crippen molar-refractivity contribution in [3.8, 4) is 5.75 Å². The Labute approximate surface area is 108 Å². The molecule has 1 aliphatic heterocycles. The number of carboxylic acid groups (broad SMARTS) is 1. The molecule has 1 aliphatic carbocycles. The van der Waals surface area contributed by atoms with Crippen molar-refractivity contribution in [3.05, 3.63) is 34.9 Å². The van der Waals surface area contributed by atoms with Crippen LogP contribution in [0, 0.1) is 0 Å². The number of aliphatic imine (C=N–C) groups is 1. The smallest absolute Gasteiger partial charge is 0.329 e. The number of carbonyl (C=O) groups is 1. The second-order valence-electron chi connectivity index (χ2n) is 4.33. The minimum absolute atomic E-state index is 0.257. The van der Waals surface area contributed by atoms with E-state index in [-0.39, 0.29) is 5.75 Å². The van der Waals surface area contributed by atoms with Gasteiger partial charge in [-0.3, -0.25) is 4.99 Å². The van der Waals surface area contributed by atoms with E-state index in [4.69, 9.17) is 5.11 Å². The monoisotopic (exact) mass is 261 g/mol. The molecule has 1 atom stereocenters. The number of benzene rings is 1. The Balaban J connectivity index is 1.86. The molecule has 1 aromatic carbocycles. The Morgan fingerprint density at radius 2 is 2.28 bits per heavy atom. The number of phenols is 1. The van der Waals surface area contributed by atoms with Crippen LogP contribution >= 0.6 is 11.8 Å². The van der Waals surface area contributed by atoms with Crippen LogP contribution in [0.2, 0.25) is 0 Å². The maximum Gasteiger partial charge on any atom is 0.329 e. The fourth-order valence-corrected chi connectivity index (χ4v) is 3.19. The molecule has 4 nitrogen and oxygen atoms in total. The van der Waals surface area contributed by atoms with Gasteiger partial charge >= 0.3 is 5.97 Å². The lowest BCUT2D eigenvalue weighted by Gasteiger charge is -2.00. The summed E-state index contributed by atoms with van der Waals surface area (Å²) < 4.78 is 0. The molecule has 0 aromatic heterocycles. The van der Waals surface area contributed by atoms with E-state index in [1.165, 1.54) is 11.8 Å². The molecule has 92 valence electrons. The van der Waals surface area contributed by atoms with Crippen LogP contribution in [0.4, 0.5) is 0 Å². The van der Waals surface area contributed by atoms with Crippen LogP contribution < -0.4 is 0 Å². The zero-order valence-corrected chi connectivity index (χ0v) is 10.3. The Kier molecular flexibility index (Phi) is 2.63. The van der Waals surface area contributed by atoms with Gasteiger partial charge in [0.15, 0.2) is 6.04 Å². The normalized spacial score (nSPS) is 21.4. The first kappa shape index (κ1) is 11.3. The van der Waals surface area contributed by atoms with E-state index in [1.54, 1.807) is 12.1 Å². The third-order valence-electron chi connectivity index (χ3n) is 3.05. The van der Waals surface area contributed by atoms with Gasteiger partial charge in [-0.2, -0.15) is 0 Å². The highest BCUT2D eigenvalue weighted by atomic mass is 32.2. The fourth-order valence-electron chi connectivity index (χ4n) is 2.14. The fraction of sp³-hybridized carbons (Fsp3) is 0.231. The van der Waals surface area contributed by atoms with Crippen molar-refractivity contribution in [1.29, 1.82) is 0 Å². The summed E-state index contributed by atoms with van der Waals surface area (Å²) in [7, 11) is 0. The van der Waals surface area contributed by atoms with E-state index in [0.717, 1.165) is 21.7 Å². The number of hydrogen-bond donors (Lipinski definition) is 2. The molecule has 0 fully saturated rings. The van der Waals surface area contributed by atoms with Gasteiger partial charge in [-0.05, 0) is 34.9 Å². The maximum absolute atomic E-state index is 10.9. The zero-order valence-electron chi connectivity index (χ0n) is 9.46. The summed E-state index contributed by atoms with van der Waals surface area (Å²) >= 11 is 1.49. The summed E-state index contributed by atoms with van der Waals surface area (Å²) in [5.74, 6) is -0.108. The van der Waals surface area contributed by atoms with E-state index in [9.17, 15) is 9.90 Å². The summed E-state index contributed by atoms with van der Waals surface area (Å²) in [5.41, 5.74) is 3.18. The standard InChI is InChI=1S/C13H11NO3S/c15-10-2-1-7-3-9(4-8(7)5-10)12-14-11(6-18-12)13(16)17/h1-3,5,11,15H,4,6H2,(H,16,17)/t11-/m1/s1. The van der Waals surface area contributed by atoms with Gasteiger partial charge in [0.05, 0.1) is 5.04 Å². The number of hydrogen-bond acceptors (Lipinski definition) is 4. The summed E-state index contributed by atoms with van der Waals surface area (Å²) in [6, 6.07) is 4.64. The van der Waals surface area contributed by atoms with Crippen LogP contribution in [-0.2, 0) is 11.2 Å². The second kappa shape index (κ2) is 4.17. The molecule has 0 saturated heterocycles. The van der Waals surface area contributed by atoms with Gasteiger partial charge in [0, 0.05) is 12.2 Å². The quantitative estimate of drug-likeness (QED) is 0.853. The Bertz CT molecular complexity index is 592. The molecule has 0 radical (unpaired) electrons. The molecule has 2 aliphatic rings. The molecule has 0 bridgehead atoms. The first-order valence-electron chi connectivity index (χ1n) is 5.60. The molecule has 1 aromatic rings.